The summed E-state index contributed by atoms with van der Waals surface area (Å²) in [5.41, 5.74) is -0.198. The molecule has 29 heavy (non-hydrogen) atoms. The van der Waals surface area contributed by atoms with E-state index in [1.807, 2.05) is 6.07 Å². The molecule has 5 rings (SSSR count). The number of aromatic nitrogens is 3. The summed E-state index contributed by atoms with van der Waals surface area (Å²) in [6.45, 7) is 4.02. The lowest BCUT2D eigenvalue weighted by molar-refractivity contribution is 0.0344. The van der Waals surface area contributed by atoms with Crippen molar-refractivity contribution in [2.75, 3.05) is 26.7 Å². The number of fused-ring (bicyclic) bond motifs is 2. The number of carbonyl (C=O) groups excluding carboxylic acids is 1. The van der Waals surface area contributed by atoms with E-state index >= 15 is 0 Å². The van der Waals surface area contributed by atoms with Gasteiger partial charge >= 0.3 is 6.09 Å². The third kappa shape index (κ3) is 3.37. The molecule has 0 saturated carbocycles. The highest BCUT2D eigenvalue weighted by Gasteiger charge is 2.45. The molecule has 1 spiro atoms. The Morgan fingerprint density at radius 3 is 2.66 bits per heavy atom. The van der Waals surface area contributed by atoms with E-state index in [0.717, 1.165) is 49.0 Å². The predicted molar refractivity (Wildman–Crippen MR) is 113 cm³/mol. The van der Waals surface area contributed by atoms with Crippen molar-refractivity contribution in [3.05, 3.63) is 45.7 Å². The second-order valence-corrected chi connectivity index (χ2v) is 9.64. The fraction of sp³-hybridized carbons (Fsp3) is 0.450. The number of methoxy groups -OCH3 is 1. The molecule has 0 aromatic carbocycles. The first-order valence-electron chi connectivity index (χ1n) is 9.75. The lowest BCUT2D eigenvalue weighted by atomic mass is 9.84. The molecule has 1 saturated heterocycles. The minimum absolute atomic E-state index is 0.198. The van der Waals surface area contributed by atoms with Crippen LogP contribution in [0.15, 0.2) is 35.0 Å². The van der Waals surface area contributed by atoms with Crippen LogP contribution in [0, 0.1) is 0 Å². The van der Waals surface area contributed by atoms with Crippen LogP contribution in [0.2, 0.25) is 0 Å². The van der Waals surface area contributed by atoms with Gasteiger partial charge in [0.05, 0.1) is 24.1 Å². The third-order valence-electron chi connectivity index (χ3n) is 5.94. The summed E-state index contributed by atoms with van der Waals surface area (Å²) in [5, 5.41) is 13.2. The van der Waals surface area contributed by atoms with Crippen molar-refractivity contribution in [1.29, 1.82) is 0 Å². The van der Waals surface area contributed by atoms with Gasteiger partial charge in [0.15, 0.2) is 11.6 Å². The van der Waals surface area contributed by atoms with Gasteiger partial charge in [-0.2, -0.15) is 0 Å². The maximum atomic E-state index is 12.4. The Kier molecular flexibility index (Phi) is 4.89. The van der Waals surface area contributed by atoms with Gasteiger partial charge < -0.3 is 9.30 Å². The van der Waals surface area contributed by atoms with Gasteiger partial charge in [-0.05, 0) is 35.7 Å². The highest BCUT2D eigenvalue weighted by molar-refractivity contribution is 7.13. The SMILES string of the molecule is COC(=O)N1Cc2nnc(-c3cccs3)n2C2(CCN(Cc3cccs3)CC2)C1. The van der Waals surface area contributed by atoms with Crippen LogP contribution < -0.4 is 0 Å². The molecular formula is C20H23N5O2S2. The summed E-state index contributed by atoms with van der Waals surface area (Å²) >= 11 is 3.48. The van der Waals surface area contributed by atoms with Crippen molar-refractivity contribution in [1.82, 2.24) is 24.6 Å². The lowest BCUT2D eigenvalue weighted by Gasteiger charge is -2.48. The van der Waals surface area contributed by atoms with E-state index in [9.17, 15) is 4.79 Å². The maximum Gasteiger partial charge on any atom is 0.409 e. The van der Waals surface area contributed by atoms with Crippen LogP contribution >= 0.6 is 22.7 Å². The van der Waals surface area contributed by atoms with Crippen LogP contribution in [0.5, 0.6) is 0 Å². The number of thiophene rings is 2. The quantitative estimate of drug-likeness (QED) is 0.636. The minimum atomic E-state index is -0.294. The second-order valence-electron chi connectivity index (χ2n) is 7.66. The number of rotatable bonds is 3. The highest BCUT2D eigenvalue weighted by Crippen LogP contribution is 2.40. The fourth-order valence-electron chi connectivity index (χ4n) is 4.53. The van der Waals surface area contributed by atoms with Gasteiger partial charge in [-0.25, -0.2) is 4.79 Å². The van der Waals surface area contributed by atoms with Gasteiger partial charge in [0.2, 0.25) is 0 Å². The number of likely N-dealkylation sites (tertiary alicyclic amines) is 1. The summed E-state index contributed by atoms with van der Waals surface area (Å²) in [6.07, 6.45) is 1.61. The molecule has 0 bridgehead atoms. The molecule has 3 aromatic heterocycles. The van der Waals surface area contributed by atoms with Crippen molar-refractivity contribution in [3.63, 3.8) is 0 Å². The molecular weight excluding hydrogens is 406 g/mol. The smallest absolute Gasteiger partial charge is 0.409 e. The first-order chi connectivity index (χ1) is 14.2. The van der Waals surface area contributed by atoms with Gasteiger partial charge in [0.25, 0.3) is 0 Å². The number of amides is 1. The standard InChI is InChI=1S/C20H23N5O2S2/c1-27-19(26)24-13-17-21-22-18(16-5-3-11-29-16)25(17)20(14-24)6-8-23(9-7-20)12-15-4-2-10-28-15/h2-5,10-11H,6-9,12-14H2,1H3. The first kappa shape index (κ1) is 18.8. The molecule has 0 unspecified atom stereocenters. The predicted octanol–water partition coefficient (Wildman–Crippen LogP) is 3.64. The number of nitrogens with zero attached hydrogens (tertiary/aromatic N) is 5. The molecule has 152 valence electrons. The van der Waals surface area contributed by atoms with Crippen molar-refractivity contribution in [3.8, 4) is 10.7 Å². The minimum Gasteiger partial charge on any atom is -0.453 e. The van der Waals surface area contributed by atoms with Crippen molar-refractivity contribution in [2.24, 2.45) is 0 Å². The molecule has 3 aromatic rings. The second kappa shape index (κ2) is 7.55. The molecule has 0 atom stereocenters. The van der Waals surface area contributed by atoms with Gasteiger partial charge in [0.1, 0.15) is 0 Å². The van der Waals surface area contributed by atoms with Crippen LogP contribution in [-0.4, -0.2) is 57.4 Å². The maximum absolute atomic E-state index is 12.4. The fourth-order valence-corrected chi connectivity index (χ4v) is 5.97. The molecule has 1 amide bonds. The number of carbonyl (C=O) groups is 1. The first-order valence-corrected chi connectivity index (χ1v) is 11.5. The highest BCUT2D eigenvalue weighted by atomic mass is 32.1. The third-order valence-corrected chi connectivity index (χ3v) is 7.67. The molecule has 0 radical (unpaired) electrons. The Labute approximate surface area is 177 Å². The molecule has 5 heterocycles. The lowest BCUT2D eigenvalue weighted by Crippen LogP contribution is -2.56. The zero-order valence-corrected chi connectivity index (χ0v) is 17.9. The summed E-state index contributed by atoms with van der Waals surface area (Å²) in [5.74, 6) is 1.77. The Bertz CT molecular complexity index is 975. The average molecular weight is 430 g/mol. The summed E-state index contributed by atoms with van der Waals surface area (Å²) in [7, 11) is 1.44. The Balaban J connectivity index is 1.47. The largest absolute Gasteiger partial charge is 0.453 e. The topological polar surface area (TPSA) is 63.5 Å². The molecule has 2 aliphatic rings. The van der Waals surface area contributed by atoms with Gasteiger partial charge in [-0.1, -0.05) is 12.1 Å². The zero-order chi connectivity index (χ0) is 19.8. The molecule has 7 nitrogen and oxygen atoms in total. The van der Waals surface area contributed by atoms with Crippen molar-refractivity contribution >= 4 is 28.8 Å². The molecule has 2 aliphatic heterocycles. The van der Waals surface area contributed by atoms with E-state index in [0.29, 0.717) is 13.1 Å². The Morgan fingerprint density at radius 1 is 1.17 bits per heavy atom. The zero-order valence-electron chi connectivity index (χ0n) is 16.3. The normalized spacial score (nSPS) is 18.7. The monoisotopic (exact) mass is 429 g/mol. The van der Waals surface area contributed by atoms with Crippen molar-refractivity contribution in [2.45, 2.75) is 31.5 Å². The van der Waals surface area contributed by atoms with Gasteiger partial charge in [-0.3, -0.25) is 9.80 Å². The van der Waals surface area contributed by atoms with Gasteiger partial charge in [-0.15, -0.1) is 32.9 Å². The summed E-state index contributed by atoms with van der Waals surface area (Å²) in [4.78, 5) is 19.1. The van der Waals surface area contributed by atoms with Crippen LogP contribution in [0.25, 0.3) is 10.7 Å². The molecule has 0 aliphatic carbocycles. The average Bonchev–Trinajstić information content (AvgIpc) is 3.50. The van der Waals surface area contributed by atoms with E-state index in [1.54, 1.807) is 27.6 Å². The van der Waals surface area contributed by atoms with E-state index in [4.69, 9.17) is 4.74 Å². The number of ether oxygens (including phenoxy) is 1. The Hall–Kier alpha value is -2.23. The number of hydrogen-bond acceptors (Lipinski definition) is 7. The van der Waals surface area contributed by atoms with Crippen LogP contribution in [0.1, 0.15) is 23.5 Å². The summed E-state index contributed by atoms with van der Waals surface area (Å²) in [6, 6.07) is 8.44. The van der Waals surface area contributed by atoms with Crippen LogP contribution in [0.3, 0.4) is 0 Å². The molecule has 0 N–H and O–H groups in total. The molecule has 9 heteroatoms. The Morgan fingerprint density at radius 2 is 1.97 bits per heavy atom. The summed E-state index contributed by atoms with van der Waals surface area (Å²) < 4.78 is 7.35. The van der Waals surface area contributed by atoms with E-state index in [1.165, 1.54) is 12.0 Å². The van der Waals surface area contributed by atoms with Crippen LogP contribution in [0.4, 0.5) is 4.79 Å². The van der Waals surface area contributed by atoms with Crippen LogP contribution in [-0.2, 0) is 23.4 Å². The van der Waals surface area contributed by atoms with Gasteiger partial charge in [0, 0.05) is 31.1 Å². The number of hydrogen-bond donors (Lipinski definition) is 0. The van der Waals surface area contributed by atoms with E-state index in [-0.39, 0.29) is 11.6 Å². The van der Waals surface area contributed by atoms with E-state index in [2.05, 4.69) is 48.6 Å². The van der Waals surface area contributed by atoms with Crippen molar-refractivity contribution < 1.29 is 9.53 Å². The van der Waals surface area contributed by atoms with E-state index < -0.39 is 0 Å². The molecule has 1 fully saturated rings. The number of piperidine rings is 1.